The third kappa shape index (κ3) is 4.41. The summed E-state index contributed by atoms with van der Waals surface area (Å²) < 4.78 is 31.3. The van der Waals surface area contributed by atoms with Crippen LogP contribution in [0.2, 0.25) is 0 Å². The van der Waals surface area contributed by atoms with Crippen LogP contribution in [0.15, 0.2) is 72.8 Å². The molecule has 0 amide bonds. The number of hydrogen-bond acceptors (Lipinski definition) is 6. The molecular weight excluding hydrogens is 437 g/mol. The number of rotatable bonds is 7. The number of hydrogen-bond donors (Lipinski definition) is 3. The van der Waals surface area contributed by atoms with Crippen LogP contribution in [-0.4, -0.2) is 24.4 Å². The molecular formula is C27H24FNO5. The van der Waals surface area contributed by atoms with Gasteiger partial charge in [-0.2, -0.15) is 0 Å². The number of ether oxygens (including phenoxy) is 3. The van der Waals surface area contributed by atoms with Crippen molar-refractivity contribution in [3.8, 4) is 51.0 Å². The molecule has 0 atom stereocenters. The molecule has 0 aromatic heterocycles. The first-order valence-corrected chi connectivity index (χ1v) is 10.5. The Morgan fingerprint density at radius 3 is 2.24 bits per heavy atom. The van der Waals surface area contributed by atoms with Crippen molar-refractivity contribution in [2.75, 3.05) is 20.0 Å². The number of phenols is 2. The van der Waals surface area contributed by atoms with Gasteiger partial charge in [0.25, 0.3) is 0 Å². The van der Waals surface area contributed by atoms with Crippen molar-refractivity contribution in [3.05, 3.63) is 84.2 Å². The summed E-state index contributed by atoms with van der Waals surface area (Å²) in [4.78, 5) is 0. The number of nitrogens with two attached hydrogens (primary N) is 1. The van der Waals surface area contributed by atoms with Crippen molar-refractivity contribution in [1.82, 2.24) is 0 Å². The molecule has 0 saturated heterocycles. The summed E-state index contributed by atoms with van der Waals surface area (Å²) >= 11 is 0. The Hall–Kier alpha value is -4.39. The molecule has 0 fully saturated rings. The summed E-state index contributed by atoms with van der Waals surface area (Å²) in [7, 11) is 2.81. The van der Waals surface area contributed by atoms with E-state index >= 15 is 0 Å². The van der Waals surface area contributed by atoms with Crippen molar-refractivity contribution in [1.29, 1.82) is 0 Å². The summed E-state index contributed by atoms with van der Waals surface area (Å²) in [5.74, 6) is -0.318. The van der Waals surface area contributed by atoms with E-state index in [1.165, 1.54) is 32.4 Å². The predicted octanol–water partition coefficient (Wildman–Crippen LogP) is 5.75. The molecule has 0 aliphatic carbocycles. The van der Waals surface area contributed by atoms with Crippen LogP contribution in [0.5, 0.6) is 28.7 Å². The normalized spacial score (nSPS) is 10.7. The second-order valence-electron chi connectivity index (χ2n) is 7.58. The highest BCUT2D eigenvalue weighted by molar-refractivity contribution is 5.88. The Balaban J connectivity index is 1.74. The molecule has 6 nitrogen and oxygen atoms in total. The first-order chi connectivity index (χ1) is 16.4. The van der Waals surface area contributed by atoms with Crippen LogP contribution in [0, 0.1) is 5.82 Å². The van der Waals surface area contributed by atoms with Crippen molar-refractivity contribution in [2.45, 2.75) is 6.61 Å². The fraction of sp³-hybridized carbons (Fsp3) is 0.111. The van der Waals surface area contributed by atoms with E-state index in [4.69, 9.17) is 19.9 Å². The van der Waals surface area contributed by atoms with Gasteiger partial charge in [0.2, 0.25) is 0 Å². The van der Waals surface area contributed by atoms with Gasteiger partial charge >= 0.3 is 0 Å². The standard InChI is InChI=1S/C27H24FNO5/c1-32-24-14-20(19-10-9-18(29)13-21(19)28)27(33-2)26(31)25(24)17-8-11-23(22(30)12-17)34-15-16-6-4-3-5-7-16/h3-14,30-31H,15,29H2,1-2H3. The minimum atomic E-state index is -0.565. The Morgan fingerprint density at radius 1 is 0.824 bits per heavy atom. The van der Waals surface area contributed by atoms with E-state index in [-0.39, 0.29) is 46.4 Å². The summed E-state index contributed by atoms with van der Waals surface area (Å²) in [5, 5.41) is 21.7. The predicted molar refractivity (Wildman–Crippen MR) is 129 cm³/mol. The SMILES string of the molecule is COc1cc(-c2ccc(N)cc2F)c(OC)c(O)c1-c1ccc(OCc2ccccc2)c(O)c1. The van der Waals surface area contributed by atoms with Gasteiger partial charge in [-0.1, -0.05) is 36.4 Å². The van der Waals surface area contributed by atoms with E-state index in [1.807, 2.05) is 30.3 Å². The van der Waals surface area contributed by atoms with E-state index in [0.29, 0.717) is 16.9 Å². The van der Waals surface area contributed by atoms with E-state index in [2.05, 4.69) is 0 Å². The molecule has 0 spiro atoms. The van der Waals surface area contributed by atoms with Crippen LogP contribution in [-0.2, 0) is 6.61 Å². The van der Waals surface area contributed by atoms with Crippen molar-refractivity contribution in [2.24, 2.45) is 0 Å². The lowest BCUT2D eigenvalue weighted by atomic mass is 9.96. The Morgan fingerprint density at radius 2 is 1.59 bits per heavy atom. The number of nitrogen functional groups attached to an aromatic ring is 1. The summed E-state index contributed by atoms with van der Waals surface area (Å²) in [6, 6.07) is 20.1. The molecule has 0 aliphatic heterocycles. The van der Waals surface area contributed by atoms with Gasteiger partial charge in [-0.3, -0.25) is 0 Å². The molecule has 0 heterocycles. The lowest BCUT2D eigenvalue weighted by Crippen LogP contribution is -1.98. The number of phenolic OH excluding ortho intramolecular Hbond substituents is 2. The van der Waals surface area contributed by atoms with Gasteiger partial charge in [-0.15, -0.1) is 0 Å². The monoisotopic (exact) mass is 461 g/mol. The third-order valence-corrected chi connectivity index (χ3v) is 5.41. The maximum Gasteiger partial charge on any atom is 0.170 e. The van der Waals surface area contributed by atoms with Crippen molar-refractivity contribution in [3.63, 3.8) is 0 Å². The zero-order chi connectivity index (χ0) is 24.2. The lowest BCUT2D eigenvalue weighted by Gasteiger charge is -2.19. The van der Waals surface area contributed by atoms with E-state index in [9.17, 15) is 14.6 Å². The van der Waals surface area contributed by atoms with Gasteiger partial charge < -0.3 is 30.2 Å². The molecule has 0 radical (unpaired) electrons. The minimum Gasteiger partial charge on any atom is -0.504 e. The number of methoxy groups -OCH3 is 2. The van der Waals surface area contributed by atoms with Gasteiger partial charge in [0.05, 0.1) is 19.8 Å². The summed E-state index contributed by atoms with van der Waals surface area (Å²) in [6.07, 6.45) is 0. The molecule has 4 aromatic rings. The maximum absolute atomic E-state index is 14.6. The number of anilines is 1. The van der Waals surface area contributed by atoms with Crippen LogP contribution in [0.4, 0.5) is 10.1 Å². The van der Waals surface area contributed by atoms with Crippen LogP contribution < -0.4 is 19.9 Å². The average Bonchev–Trinajstić information content (AvgIpc) is 2.83. The topological polar surface area (TPSA) is 94.2 Å². The highest BCUT2D eigenvalue weighted by Crippen LogP contribution is 2.50. The van der Waals surface area contributed by atoms with Gasteiger partial charge in [-0.25, -0.2) is 4.39 Å². The zero-order valence-corrected chi connectivity index (χ0v) is 18.7. The van der Waals surface area contributed by atoms with Crippen LogP contribution in [0.25, 0.3) is 22.3 Å². The molecule has 174 valence electrons. The van der Waals surface area contributed by atoms with Gasteiger partial charge in [-0.05, 0) is 47.5 Å². The number of aromatic hydroxyl groups is 2. The maximum atomic E-state index is 14.6. The van der Waals surface area contributed by atoms with Gasteiger partial charge in [0, 0.05) is 16.8 Å². The van der Waals surface area contributed by atoms with E-state index < -0.39 is 5.82 Å². The third-order valence-electron chi connectivity index (χ3n) is 5.41. The molecule has 4 rings (SSSR count). The Labute approximate surface area is 196 Å². The van der Waals surface area contributed by atoms with Gasteiger partial charge in [0.15, 0.2) is 23.0 Å². The molecule has 0 unspecified atom stereocenters. The number of benzene rings is 4. The number of halogens is 1. The lowest BCUT2D eigenvalue weighted by molar-refractivity contribution is 0.289. The molecule has 0 aliphatic rings. The Bertz CT molecular complexity index is 1320. The highest BCUT2D eigenvalue weighted by Gasteiger charge is 2.24. The second kappa shape index (κ2) is 9.62. The first-order valence-electron chi connectivity index (χ1n) is 10.5. The second-order valence-corrected chi connectivity index (χ2v) is 7.58. The molecule has 0 saturated carbocycles. The zero-order valence-electron chi connectivity index (χ0n) is 18.7. The molecule has 0 bridgehead atoms. The Kier molecular flexibility index (Phi) is 6.45. The van der Waals surface area contributed by atoms with Crippen LogP contribution >= 0.6 is 0 Å². The molecule has 4 N–H and O–H groups in total. The summed E-state index contributed by atoms with van der Waals surface area (Å²) in [5.41, 5.74) is 8.13. The van der Waals surface area contributed by atoms with Gasteiger partial charge in [0.1, 0.15) is 18.2 Å². The summed E-state index contributed by atoms with van der Waals surface area (Å²) in [6.45, 7) is 0.290. The highest BCUT2D eigenvalue weighted by atomic mass is 19.1. The molecule has 4 aromatic carbocycles. The average molecular weight is 461 g/mol. The largest absolute Gasteiger partial charge is 0.504 e. The van der Waals surface area contributed by atoms with Crippen molar-refractivity contribution >= 4 is 5.69 Å². The molecule has 7 heteroatoms. The fourth-order valence-corrected chi connectivity index (χ4v) is 3.75. The van der Waals surface area contributed by atoms with Crippen LogP contribution in [0.1, 0.15) is 5.56 Å². The quantitative estimate of drug-likeness (QED) is 0.304. The van der Waals surface area contributed by atoms with Crippen LogP contribution in [0.3, 0.4) is 0 Å². The first kappa shape index (κ1) is 22.8. The van der Waals surface area contributed by atoms with E-state index in [0.717, 1.165) is 5.56 Å². The smallest absolute Gasteiger partial charge is 0.170 e. The van der Waals surface area contributed by atoms with Crippen molar-refractivity contribution < 1.29 is 28.8 Å². The van der Waals surface area contributed by atoms with E-state index in [1.54, 1.807) is 24.3 Å². The fourth-order valence-electron chi connectivity index (χ4n) is 3.75. The minimum absolute atomic E-state index is 0.0587. The molecule has 34 heavy (non-hydrogen) atoms.